The number of nitro benzene ring substituents is 1. The van der Waals surface area contributed by atoms with Gasteiger partial charge in [0.15, 0.2) is 0 Å². The number of hydrogen-bond acceptors (Lipinski definition) is 4. The molecule has 0 fully saturated rings. The SMILES string of the molecule is CCC(CC)(CN)C(=O)N(C)Cc1ccccc1[N+](=O)[O-].Cl. The number of carbonyl (C=O) groups excluding carboxylic acids is 1. The Morgan fingerprint density at radius 2 is 1.86 bits per heavy atom. The van der Waals surface area contributed by atoms with Gasteiger partial charge in [0.05, 0.1) is 16.9 Å². The third-order valence-electron chi connectivity index (χ3n) is 4.14. The van der Waals surface area contributed by atoms with Crippen LogP contribution in [0.3, 0.4) is 0 Å². The highest BCUT2D eigenvalue weighted by molar-refractivity contribution is 5.85. The van der Waals surface area contributed by atoms with E-state index in [4.69, 9.17) is 5.73 Å². The van der Waals surface area contributed by atoms with Crippen molar-refractivity contribution >= 4 is 24.0 Å². The van der Waals surface area contributed by atoms with Gasteiger partial charge in [0, 0.05) is 25.2 Å². The predicted molar refractivity (Wildman–Crippen MR) is 88.9 cm³/mol. The summed E-state index contributed by atoms with van der Waals surface area (Å²) < 4.78 is 0. The van der Waals surface area contributed by atoms with Gasteiger partial charge in [0.2, 0.25) is 5.91 Å². The molecular weight excluding hydrogens is 306 g/mol. The van der Waals surface area contributed by atoms with Crippen LogP contribution in [0.4, 0.5) is 5.69 Å². The van der Waals surface area contributed by atoms with Gasteiger partial charge in [-0.25, -0.2) is 0 Å². The Balaban J connectivity index is 0.00000441. The fourth-order valence-corrected chi connectivity index (χ4v) is 2.48. The number of carbonyl (C=O) groups is 1. The summed E-state index contributed by atoms with van der Waals surface area (Å²) in [5.41, 5.74) is 5.75. The molecule has 1 rings (SSSR count). The van der Waals surface area contributed by atoms with Gasteiger partial charge >= 0.3 is 0 Å². The number of halogens is 1. The quantitative estimate of drug-likeness (QED) is 0.615. The molecule has 0 saturated heterocycles. The average molecular weight is 330 g/mol. The van der Waals surface area contributed by atoms with Crippen LogP contribution in [0, 0.1) is 15.5 Å². The van der Waals surface area contributed by atoms with Crippen LogP contribution in [0.25, 0.3) is 0 Å². The van der Waals surface area contributed by atoms with Crippen LogP contribution in [0.2, 0.25) is 0 Å². The Bertz CT molecular complexity index is 510. The van der Waals surface area contributed by atoms with Crippen LogP contribution < -0.4 is 5.73 Å². The molecule has 0 aromatic heterocycles. The van der Waals surface area contributed by atoms with Gasteiger partial charge < -0.3 is 10.6 Å². The summed E-state index contributed by atoms with van der Waals surface area (Å²) in [5.74, 6) is -0.0619. The molecule has 0 unspecified atom stereocenters. The monoisotopic (exact) mass is 329 g/mol. The molecule has 1 aromatic carbocycles. The zero-order valence-electron chi connectivity index (χ0n) is 13.2. The van der Waals surface area contributed by atoms with Gasteiger partial charge in [-0.05, 0) is 12.8 Å². The summed E-state index contributed by atoms with van der Waals surface area (Å²) in [7, 11) is 1.66. The lowest BCUT2D eigenvalue weighted by atomic mass is 9.81. The molecule has 0 aliphatic carbocycles. The van der Waals surface area contributed by atoms with Crippen molar-refractivity contribution in [2.24, 2.45) is 11.1 Å². The summed E-state index contributed by atoms with van der Waals surface area (Å²) in [4.78, 5) is 24.7. The molecule has 1 amide bonds. The summed E-state index contributed by atoms with van der Waals surface area (Å²) in [6.07, 6.45) is 1.31. The third-order valence-corrected chi connectivity index (χ3v) is 4.14. The van der Waals surface area contributed by atoms with Crippen molar-refractivity contribution in [3.05, 3.63) is 39.9 Å². The number of rotatable bonds is 7. The Labute approximate surface area is 137 Å². The van der Waals surface area contributed by atoms with Gasteiger partial charge in [-0.3, -0.25) is 14.9 Å². The Kier molecular flexibility index (Phi) is 8.05. The first-order valence-corrected chi connectivity index (χ1v) is 7.09. The second-order valence-corrected chi connectivity index (χ2v) is 5.24. The maximum Gasteiger partial charge on any atom is 0.274 e. The minimum Gasteiger partial charge on any atom is -0.341 e. The maximum absolute atomic E-state index is 12.6. The van der Waals surface area contributed by atoms with Crippen molar-refractivity contribution in [2.45, 2.75) is 33.2 Å². The third kappa shape index (κ3) is 4.18. The fourth-order valence-electron chi connectivity index (χ4n) is 2.48. The molecule has 2 N–H and O–H groups in total. The molecule has 0 saturated carbocycles. The number of amides is 1. The highest BCUT2D eigenvalue weighted by Gasteiger charge is 2.36. The van der Waals surface area contributed by atoms with Crippen molar-refractivity contribution in [3.8, 4) is 0 Å². The van der Waals surface area contributed by atoms with E-state index in [0.29, 0.717) is 18.4 Å². The lowest BCUT2D eigenvalue weighted by Gasteiger charge is -2.33. The smallest absolute Gasteiger partial charge is 0.274 e. The number of benzene rings is 1. The minimum absolute atomic E-state index is 0. The van der Waals surface area contributed by atoms with Crippen molar-refractivity contribution in [2.75, 3.05) is 13.6 Å². The summed E-state index contributed by atoms with van der Waals surface area (Å²) >= 11 is 0. The van der Waals surface area contributed by atoms with Crippen LogP contribution in [-0.2, 0) is 11.3 Å². The summed E-state index contributed by atoms with van der Waals surface area (Å²) in [5, 5.41) is 11.0. The molecule has 0 bridgehead atoms. The molecule has 0 aliphatic rings. The molecular formula is C15H24ClN3O3. The highest BCUT2D eigenvalue weighted by atomic mass is 35.5. The van der Waals surface area contributed by atoms with Crippen LogP contribution in [-0.4, -0.2) is 29.3 Å². The normalized spacial score (nSPS) is 10.7. The summed E-state index contributed by atoms with van der Waals surface area (Å²) in [6.45, 7) is 4.36. The minimum atomic E-state index is -0.585. The second kappa shape index (κ2) is 8.70. The molecule has 6 nitrogen and oxygen atoms in total. The first-order valence-electron chi connectivity index (χ1n) is 7.09. The Hall–Kier alpha value is -1.66. The zero-order chi connectivity index (χ0) is 16.0. The van der Waals surface area contributed by atoms with Crippen LogP contribution in [0.15, 0.2) is 24.3 Å². The number of para-hydroxylation sites is 1. The Morgan fingerprint density at radius 1 is 1.32 bits per heavy atom. The number of nitrogens with two attached hydrogens (primary N) is 1. The largest absolute Gasteiger partial charge is 0.341 e. The second-order valence-electron chi connectivity index (χ2n) is 5.24. The molecule has 0 aliphatic heterocycles. The van der Waals surface area contributed by atoms with E-state index in [9.17, 15) is 14.9 Å². The van der Waals surface area contributed by atoms with E-state index in [1.54, 1.807) is 25.2 Å². The first-order chi connectivity index (χ1) is 9.91. The molecule has 0 atom stereocenters. The van der Waals surface area contributed by atoms with Crippen LogP contribution in [0.1, 0.15) is 32.3 Å². The first kappa shape index (κ1) is 20.3. The lowest BCUT2D eigenvalue weighted by Crippen LogP contribution is -2.45. The maximum atomic E-state index is 12.6. The van der Waals surface area contributed by atoms with Crippen molar-refractivity contribution in [1.29, 1.82) is 0 Å². The van der Waals surface area contributed by atoms with Crippen molar-refractivity contribution in [1.82, 2.24) is 4.90 Å². The number of hydrogen-bond donors (Lipinski definition) is 1. The van der Waals surface area contributed by atoms with Gasteiger partial charge in [-0.15, -0.1) is 12.4 Å². The van der Waals surface area contributed by atoms with Gasteiger partial charge in [-0.1, -0.05) is 32.0 Å². The van der Waals surface area contributed by atoms with E-state index in [2.05, 4.69) is 0 Å². The van der Waals surface area contributed by atoms with Crippen molar-refractivity contribution in [3.63, 3.8) is 0 Å². The highest BCUT2D eigenvalue weighted by Crippen LogP contribution is 2.28. The van der Waals surface area contributed by atoms with Gasteiger partial charge in [0.1, 0.15) is 0 Å². The van der Waals surface area contributed by atoms with Crippen LogP contribution >= 0.6 is 12.4 Å². The zero-order valence-corrected chi connectivity index (χ0v) is 14.1. The van der Waals surface area contributed by atoms with E-state index in [1.165, 1.54) is 11.0 Å². The van der Waals surface area contributed by atoms with Crippen molar-refractivity contribution < 1.29 is 9.72 Å². The average Bonchev–Trinajstić information content (AvgIpc) is 2.49. The molecule has 0 radical (unpaired) electrons. The van der Waals surface area contributed by atoms with E-state index < -0.39 is 10.3 Å². The van der Waals surface area contributed by atoms with Gasteiger partial charge in [0.25, 0.3) is 5.69 Å². The molecule has 7 heteroatoms. The predicted octanol–water partition coefficient (Wildman–Crippen LogP) is 2.74. The van der Waals surface area contributed by atoms with E-state index in [1.807, 2.05) is 13.8 Å². The lowest BCUT2D eigenvalue weighted by molar-refractivity contribution is -0.385. The van der Waals surface area contributed by atoms with E-state index >= 15 is 0 Å². The van der Waals surface area contributed by atoms with Gasteiger partial charge in [-0.2, -0.15) is 0 Å². The molecule has 0 spiro atoms. The molecule has 124 valence electrons. The van der Waals surface area contributed by atoms with Crippen LogP contribution in [0.5, 0.6) is 0 Å². The number of nitrogens with zero attached hydrogens (tertiary/aromatic N) is 2. The standard InChI is InChI=1S/C15H23N3O3.ClH/c1-4-15(5-2,11-16)14(19)17(3)10-12-8-6-7-9-13(12)18(20)21;/h6-9H,4-5,10-11,16H2,1-3H3;1H. The van der Waals surface area contributed by atoms with E-state index in [-0.39, 0.29) is 37.1 Å². The number of nitro groups is 1. The van der Waals surface area contributed by atoms with E-state index in [0.717, 1.165) is 0 Å². The molecule has 22 heavy (non-hydrogen) atoms. The Morgan fingerprint density at radius 3 is 2.32 bits per heavy atom. The summed E-state index contributed by atoms with van der Waals surface area (Å²) in [6, 6.07) is 6.47. The topological polar surface area (TPSA) is 89.5 Å². The molecule has 0 heterocycles. The molecule has 1 aromatic rings. The fraction of sp³-hybridized carbons (Fsp3) is 0.533.